The third-order valence-corrected chi connectivity index (χ3v) is 8.29. The lowest BCUT2D eigenvalue weighted by Gasteiger charge is -2.41. The van der Waals surface area contributed by atoms with Gasteiger partial charge < -0.3 is 74.8 Å². The van der Waals surface area contributed by atoms with Crippen LogP contribution < -0.4 is 10.4 Å². The van der Waals surface area contributed by atoms with E-state index in [-0.39, 0.29) is 27.8 Å². The van der Waals surface area contributed by atoms with Crippen LogP contribution in [-0.4, -0.2) is 99.3 Å². The van der Waals surface area contributed by atoms with Crippen molar-refractivity contribution in [1.29, 1.82) is 0 Å². The number of rotatable bonds is 5. The molecule has 0 aliphatic carbocycles. The standard InChI is InChI=1S/C31H28O17/c32-8-18-24(41)25(42)26(43)30(45-18)20-21(38)12-7-17(46-31(44)10-5-15(35)23(40)16(36)6-10)27(9-3-13(33)22(39)14(34)4-9)48-28(12)11-1-2-19(37)47-29(11)20/h1-6,17-18,24-27,30,32-36,38-43H,7-8H2/t17-,18-,24-,25+,26-,27-,30+/m1/s1. The van der Waals surface area contributed by atoms with Gasteiger partial charge in [0.05, 0.1) is 23.1 Å². The van der Waals surface area contributed by atoms with Crippen LogP contribution in [0.25, 0.3) is 11.0 Å². The van der Waals surface area contributed by atoms with Crippen LogP contribution in [0.5, 0.6) is 46.0 Å². The minimum atomic E-state index is -1.93. The Balaban J connectivity index is 1.53. The zero-order chi connectivity index (χ0) is 34.8. The van der Waals surface area contributed by atoms with Gasteiger partial charge in [-0.05, 0) is 30.3 Å². The van der Waals surface area contributed by atoms with Crippen LogP contribution in [0.4, 0.5) is 0 Å². The molecule has 17 nitrogen and oxygen atoms in total. The molecule has 4 aromatic rings. The van der Waals surface area contributed by atoms with Gasteiger partial charge in [0.25, 0.3) is 0 Å². The van der Waals surface area contributed by atoms with E-state index in [9.17, 15) is 65.8 Å². The highest BCUT2D eigenvalue weighted by molar-refractivity contribution is 5.92. The molecule has 0 unspecified atom stereocenters. The minimum absolute atomic E-state index is 0.00950. The quantitative estimate of drug-likeness (QED) is 0.0763. The van der Waals surface area contributed by atoms with Gasteiger partial charge >= 0.3 is 11.6 Å². The maximum atomic E-state index is 13.3. The fraction of sp³-hybridized carbons (Fsp3) is 0.290. The molecule has 7 atom stereocenters. The summed E-state index contributed by atoms with van der Waals surface area (Å²) in [5, 5.41) is 113. The van der Waals surface area contributed by atoms with Crippen molar-refractivity contribution in [2.75, 3.05) is 6.61 Å². The number of carbonyl (C=O) groups excluding carboxylic acids is 1. The Hall–Kier alpha value is -5.46. The van der Waals surface area contributed by atoms with E-state index in [1.807, 2.05) is 0 Å². The first-order valence-corrected chi connectivity index (χ1v) is 14.2. The van der Waals surface area contributed by atoms with Crippen molar-refractivity contribution in [2.45, 2.75) is 49.1 Å². The monoisotopic (exact) mass is 672 g/mol. The topological polar surface area (TPSA) is 298 Å². The van der Waals surface area contributed by atoms with Crippen molar-refractivity contribution in [3.05, 3.63) is 69.1 Å². The molecule has 3 heterocycles. The highest BCUT2D eigenvalue weighted by Crippen LogP contribution is 2.52. The van der Waals surface area contributed by atoms with Crippen molar-refractivity contribution in [3.8, 4) is 46.0 Å². The summed E-state index contributed by atoms with van der Waals surface area (Å²) in [6.07, 6.45) is -12.1. The van der Waals surface area contributed by atoms with Crippen molar-refractivity contribution in [3.63, 3.8) is 0 Å². The van der Waals surface area contributed by atoms with Gasteiger partial charge in [0, 0.05) is 23.6 Å². The molecular formula is C31H28O17. The maximum absolute atomic E-state index is 13.3. The molecule has 0 amide bonds. The predicted octanol–water partition coefficient (Wildman–Crippen LogP) is 0.149. The van der Waals surface area contributed by atoms with Crippen LogP contribution in [0.2, 0.25) is 0 Å². The molecule has 254 valence electrons. The van der Waals surface area contributed by atoms with Crippen LogP contribution in [0, 0.1) is 0 Å². The second-order valence-corrected chi connectivity index (χ2v) is 11.3. The van der Waals surface area contributed by atoms with E-state index in [1.54, 1.807) is 0 Å². The van der Waals surface area contributed by atoms with E-state index in [0.717, 1.165) is 30.3 Å². The second-order valence-electron chi connectivity index (χ2n) is 11.3. The van der Waals surface area contributed by atoms with E-state index in [1.165, 1.54) is 6.07 Å². The van der Waals surface area contributed by atoms with Gasteiger partial charge in [-0.1, -0.05) is 0 Å². The predicted molar refractivity (Wildman–Crippen MR) is 156 cm³/mol. The largest absolute Gasteiger partial charge is 0.507 e. The van der Waals surface area contributed by atoms with Gasteiger partial charge in [0.2, 0.25) is 0 Å². The van der Waals surface area contributed by atoms with Crippen molar-refractivity contribution in [2.24, 2.45) is 0 Å². The fourth-order valence-electron chi connectivity index (χ4n) is 5.88. The molecule has 11 N–H and O–H groups in total. The van der Waals surface area contributed by atoms with Crippen LogP contribution in [0.1, 0.15) is 39.3 Å². The number of aliphatic hydroxyl groups excluding tert-OH is 4. The lowest BCUT2D eigenvalue weighted by molar-refractivity contribution is -0.231. The Labute approximate surface area is 267 Å². The summed E-state index contributed by atoms with van der Waals surface area (Å²) in [4.78, 5) is 25.6. The molecule has 1 fully saturated rings. The van der Waals surface area contributed by atoms with Crippen molar-refractivity contribution in [1.82, 2.24) is 0 Å². The summed E-state index contributed by atoms with van der Waals surface area (Å²) in [6.45, 7) is -0.813. The summed E-state index contributed by atoms with van der Waals surface area (Å²) in [5.74, 6) is -7.12. The van der Waals surface area contributed by atoms with E-state index >= 15 is 0 Å². The molecule has 3 aromatic carbocycles. The minimum Gasteiger partial charge on any atom is -0.507 e. The van der Waals surface area contributed by atoms with E-state index in [4.69, 9.17) is 18.6 Å². The summed E-state index contributed by atoms with van der Waals surface area (Å²) in [6, 6.07) is 5.83. The summed E-state index contributed by atoms with van der Waals surface area (Å²) in [5.41, 5.74) is -2.31. The average Bonchev–Trinajstić information content (AvgIpc) is 3.05. The number of aromatic hydroxyl groups is 7. The van der Waals surface area contributed by atoms with Gasteiger partial charge in [-0.3, -0.25) is 0 Å². The van der Waals surface area contributed by atoms with Gasteiger partial charge in [0.15, 0.2) is 46.2 Å². The van der Waals surface area contributed by atoms with Crippen molar-refractivity contribution >= 4 is 16.9 Å². The lowest BCUT2D eigenvalue weighted by Crippen LogP contribution is -2.55. The molecule has 2 aliphatic heterocycles. The molecular weight excluding hydrogens is 644 g/mol. The number of hydrogen-bond donors (Lipinski definition) is 11. The number of phenols is 7. The summed E-state index contributed by atoms with van der Waals surface area (Å²) in [7, 11) is 0. The SMILES string of the molecule is O=C(O[C@@H]1Cc2c(O)c([C@@H]3O[C@H](CO)[C@@H](O)[C@H](O)[C@H]3O)c3oc(=O)ccc3c2O[C@@H]1c1cc(O)c(O)c(O)c1)c1cc(O)c(O)c(O)c1. The smallest absolute Gasteiger partial charge is 0.338 e. The molecule has 0 bridgehead atoms. The molecule has 1 aromatic heterocycles. The maximum Gasteiger partial charge on any atom is 0.338 e. The Bertz CT molecular complexity index is 1940. The third kappa shape index (κ3) is 5.28. The number of ether oxygens (including phenoxy) is 3. The number of fused-ring (bicyclic) bond motifs is 3. The number of phenolic OH excluding ortho intramolecular Hbond substituents is 7. The third-order valence-electron chi connectivity index (χ3n) is 8.29. The van der Waals surface area contributed by atoms with Crippen LogP contribution in [-0.2, 0) is 15.9 Å². The molecule has 48 heavy (non-hydrogen) atoms. The molecule has 1 saturated heterocycles. The number of aliphatic hydroxyl groups is 4. The van der Waals surface area contributed by atoms with Gasteiger partial charge in [-0.2, -0.15) is 0 Å². The molecule has 0 saturated carbocycles. The van der Waals surface area contributed by atoms with Gasteiger partial charge in [-0.15, -0.1) is 0 Å². The van der Waals surface area contributed by atoms with Crippen molar-refractivity contribution < 1.29 is 79.6 Å². The first kappa shape index (κ1) is 32.5. The normalized spacial score (nSPS) is 25.3. The zero-order valence-corrected chi connectivity index (χ0v) is 24.3. The Kier molecular flexibility index (Phi) is 8.10. The van der Waals surface area contributed by atoms with Crippen LogP contribution >= 0.6 is 0 Å². The first-order chi connectivity index (χ1) is 22.7. The average molecular weight is 673 g/mol. The number of hydrogen-bond acceptors (Lipinski definition) is 17. The molecule has 2 aliphatic rings. The number of esters is 1. The molecule has 0 radical (unpaired) electrons. The molecule has 17 heteroatoms. The van der Waals surface area contributed by atoms with Gasteiger partial charge in [-0.25, -0.2) is 9.59 Å². The second kappa shape index (κ2) is 12.0. The number of carbonyl (C=O) groups is 1. The fourth-order valence-corrected chi connectivity index (χ4v) is 5.88. The van der Waals surface area contributed by atoms with E-state index in [0.29, 0.717) is 0 Å². The Morgan fingerprint density at radius 1 is 0.792 bits per heavy atom. The van der Waals surface area contributed by atoms with Crippen LogP contribution in [0.3, 0.4) is 0 Å². The van der Waals surface area contributed by atoms with Gasteiger partial charge in [0.1, 0.15) is 48.1 Å². The van der Waals surface area contributed by atoms with E-state index < -0.39 is 119 Å². The Morgan fingerprint density at radius 3 is 2.00 bits per heavy atom. The highest BCUT2D eigenvalue weighted by atomic mass is 16.6. The highest BCUT2D eigenvalue weighted by Gasteiger charge is 2.47. The molecule has 6 rings (SSSR count). The van der Waals surface area contributed by atoms with Crippen LogP contribution in [0.15, 0.2) is 45.6 Å². The lowest BCUT2D eigenvalue weighted by atomic mass is 9.86. The Morgan fingerprint density at radius 2 is 1.40 bits per heavy atom. The first-order valence-electron chi connectivity index (χ1n) is 14.2. The zero-order valence-electron chi connectivity index (χ0n) is 24.3. The van der Waals surface area contributed by atoms with E-state index in [2.05, 4.69) is 0 Å². The summed E-state index contributed by atoms with van der Waals surface area (Å²) >= 11 is 0. The number of benzene rings is 3. The molecule has 0 spiro atoms. The summed E-state index contributed by atoms with van der Waals surface area (Å²) < 4.78 is 22.9.